The lowest BCUT2D eigenvalue weighted by Gasteiger charge is -2.25. The summed E-state index contributed by atoms with van der Waals surface area (Å²) < 4.78 is 5.38. The summed E-state index contributed by atoms with van der Waals surface area (Å²) in [4.78, 5) is 0. The standard InChI is InChI=1S/C8H16O2/c1-8(2,3)7-4-6(9)5-10-7/h6-7,9H,4-5H2,1-3H3/t6-,7-/m1/s1. The molecule has 1 aliphatic rings. The first-order chi connectivity index (χ1) is 4.50. The van der Waals surface area contributed by atoms with E-state index < -0.39 is 0 Å². The molecule has 0 aliphatic carbocycles. The van der Waals surface area contributed by atoms with E-state index in [1.165, 1.54) is 0 Å². The molecule has 2 heteroatoms. The van der Waals surface area contributed by atoms with Gasteiger partial charge in [0.1, 0.15) is 0 Å². The van der Waals surface area contributed by atoms with Crippen molar-refractivity contribution < 1.29 is 9.84 Å². The van der Waals surface area contributed by atoms with E-state index in [1.54, 1.807) is 0 Å². The largest absolute Gasteiger partial charge is 0.391 e. The van der Waals surface area contributed by atoms with Crippen LogP contribution in [0.3, 0.4) is 0 Å². The molecule has 1 saturated heterocycles. The van der Waals surface area contributed by atoms with Gasteiger partial charge in [-0.15, -0.1) is 0 Å². The van der Waals surface area contributed by atoms with E-state index in [-0.39, 0.29) is 17.6 Å². The molecule has 0 aromatic carbocycles. The van der Waals surface area contributed by atoms with Crippen LogP contribution in [0.5, 0.6) is 0 Å². The zero-order chi connectivity index (χ0) is 7.78. The minimum atomic E-state index is -0.232. The fourth-order valence-electron chi connectivity index (χ4n) is 1.21. The van der Waals surface area contributed by atoms with Gasteiger partial charge in [-0.3, -0.25) is 0 Å². The predicted octanol–water partition coefficient (Wildman–Crippen LogP) is 1.18. The van der Waals surface area contributed by atoms with Crippen LogP contribution in [-0.2, 0) is 4.74 Å². The van der Waals surface area contributed by atoms with E-state index in [0.717, 1.165) is 6.42 Å². The lowest BCUT2D eigenvalue weighted by Crippen LogP contribution is -2.25. The molecule has 0 radical (unpaired) electrons. The highest BCUT2D eigenvalue weighted by molar-refractivity contribution is 4.82. The van der Waals surface area contributed by atoms with Crippen LogP contribution in [0.15, 0.2) is 0 Å². The molecular formula is C8H16O2. The molecule has 1 heterocycles. The fraction of sp³-hybridized carbons (Fsp3) is 1.00. The Balaban J connectivity index is 2.45. The molecule has 0 aromatic heterocycles. The molecule has 0 aromatic rings. The number of aliphatic hydroxyl groups excluding tert-OH is 1. The summed E-state index contributed by atoms with van der Waals surface area (Å²) in [5.41, 5.74) is 0.178. The van der Waals surface area contributed by atoms with Gasteiger partial charge in [0.2, 0.25) is 0 Å². The Hall–Kier alpha value is -0.0800. The van der Waals surface area contributed by atoms with Gasteiger partial charge in [-0.05, 0) is 5.41 Å². The smallest absolute Gasteiger partial charge is 0.0798 e. The van der Waals surface area contributed by atoms with Crippen LogP contribution in [-0.4, -0.2) is 23.9 Å². The monoisotopic (exact) mass is 144 g/mol. The van der Waals surface area contributed by atoms with E-state index in [9.17, 15) is 0 Å². The predicted molar refractivity (Wildman–Crippen MR) is 39.8 cm³/mol. The van der Waals surface area contributed by atoms with Gasteiger partial charge in [0, 0.05) is 6.42 Å². The lowest BCUT2D eigenvalue weighted by atomic mass is 9.87. The minimum absolute atomic E-state index is 0.178. The first kappa shape index (κ1) is 8.02. The molecule has 0 amide bonds. The maximum Gasteiger partial charge on any atom is 0.0798 e. The fourth-order valence-corrected chi connectivity index (χ4v) is 1.21. The van der Waals surface area contributed by atoms with Crippen LogP contribution in [0.4, 0.5) is 0 Å². The van der Waals surface area contributed by atoms with Crippen molar-refractivity contribution >= 4 is 0 Å². The number of rotatable bonds is 0. The highest BCUT2D eigenvalue weighted by atomic mass is 16.5. The molecule has 2 atom stereocenters. The zero-order valence-electron chi connectivity index (χ0n) is 6.92. The molecular weight excluding hydrogens is 128 g/mol. The third-order valence-electron chi connectivity index (χ3n) is 1.94. The Morgan fingerprint density at radius 2 is 2.00 bits per heavy atom. The number of ether oxygens (including phenoxy) is 1. The van der Waals surface area contributed by atoms with Crippen molar-refractivity contribution in [2.45, 2.75) is 39.4 Å². The number of aliphatic hydroxyl groups is 1. The van der Waals surface area contributed by atoms with Crippen molar-refractivity contribution in [3.63, 3.8) is 0 Å². The molecule has 0 spiro atoms. The van der Waals surface area contributed by atoms with E-state index in [0.29, 0.717) is 6.61 Å². The third-order valence-corrected chi connectivity index (χ3v) is 1.94. The van der Waals surface area contributed by atoms with Gasteiger partial charge in [0.05, 0.1) is 18.8 Å². The molecule has 10 heavy (non-hydrogen) atoms. The van der Waals surface area contributed by atoms with Gasteiger partial charge in [-0.2, -0.15) is 0 Å². The maximum absolute atomic E-state index is 9.14. The summed E-state index contributed by atoms with van der Waals surface area (Å²) in [6, 6.07) is 0. The van der Waals surface area contributed by atoms with Crippen molar-refractivity contribution in [3.8, 4) is 0 Å². The van der Waals surface area contributed by atoms with Crippen LogP contribution in [0.25, 0.3) is 0 Å². The van der Waals surface area contributed by atoms with Gasteiger partial charge in [0.15, 0.2) is 0 Å². The molecule has 0 unspecified atom stereocenters. The molecule has 1 fully saturated rings. The van der Waals surface area contributed by atoms with Crippen LogP contribution in [0, 0.1) is 5.41 Å². The number of hydrogen-bond acceptors (Lipinski definition) is 2. The van der Waals surface area contributed by atoms with Gasteiger partial charge in [-0.25, -0.2) is 0 Å². The molecule has 1 rings (SSSR count). The molecule has 1 N–H and O–H groups in total. The van der Waals surface area contributed by atoms with Gasteiger partial charge in [0.25, 0.3) is 0 Å². The summed E-state index contributed by atoms with van der Waals surface area (Å²) in [5, 5.41) is 9.14. The highest BCUT2D eigenvalue weighted by Gasteiger charge is 2.32. The summed E-state index contributed by atoms with van der Waals surface area (Å²) in [6.07, 6.45) is 0.801. The van der Waals surface area contributed by atoms with E-state index in [2.05, 4.69) is 20.8 Å². The normalized spacial score (nSPS) is 34.8. The zero-order valence-corrected chi connectivity index (χ0v) is 6.92. The quantitative estimate of drug-likeness (QED) is 0.553. The average molecular weight is 144 g/mol. The van der Waals surface area contributed by atoms with Crippen LogP contribution in [0.2, 0.25) is 0 Å². The van der Waals surface area contributed by atoms with Crippen molar-refractivity contribution in [2.75, 3.05) is 6.61 Å². The van der Waals surface area contributed by atoms with Crippen molar-refractivity contribution in [1.29, 1.82) is 0 Å². The van der Waals surface area contributed by atoms with Crippen molar-refractivity contribution in [2.24, 2.45) is 5.41 Å². The Morgan fingerprint density at radius 1 is 1.40 bits per heavy atom. The van der Waals surface area contributed by atoms with E-state index >= 15 is 0 Å². The van der Waals surface area contributed by atoms with E-state index in [1.807, 2.05) is 0 Å². The topological polar surface area (TPSA) is 29.5 Å². The second kappa shape index (κ2) is 2.51. The summed E-state index contributed by atoms with van der Waals surface area (Å²) in [6.45, 7) is 6.92. The Morgan fingerprint density at radius 3 is 2.20 bits per heavy atom. The molecule has 1 aliphatic heterocycles. The van der Waals surface area contributed by atoms with Gasteiger partial charge >= 0.3 is 0 Å². The van der Waals surface area contributed by atoms with Gasteiger partial charge in [-0.1, -0.05) is 20.8 Å². The molecule has 2 nitrogen and oxygen atoms in total. The van der Waals surface area contributed by atoms with Gasteiger partial charge < -0.3 is 9.84 Å². The lowest BCUT2D eigenvalue weighted by molar-refractivity contribution is 0.0245. The Kier molecular flexibility index (Phi) is 2.02. The van der Waals surface area contributed by atoms with Crippen LogP contribution < -0.4 is 0 Å². The van der Waals surface area contributed by atoms with Crippen LogP contribution in [0.1, 0.15) is 27.2 Å². The molecule has 60 valence electrons. The third kappa shape index (κ3) is 1.70. The second-order valence-electron chi connectivity index (χ2n) is 4.08. The highest BCUT2D eigenvalue weighted by Crippen LogP contribution is 2.29. The molecule has 0 saturated carbocycles. The Bertz CT molecular complexity index is 115. The maximum atomic E-state index is 9.14. The summed E-state index contributed by atoms with van der Waals surface area (Å²) in [7, 11) is 0. The SMILES string of the molecule is CC(C)(C)[C@H]1C[C@@H](O)CO1. The Labute approximate surface area is 62.2 Å². The number of hydrogen-bond donors (Lipinski definition) is 1. The average Bonchev–Trinajstić information content (AvgIpc) is 2.11. The summed E-state index contributed by atoms with van der Waals surface area (Å²) >= 11 is 0. The van der Waals surface area contributed by atoms with Crippen LogP contribution >= 0.6 is 0 Å². The second-order valence-corrected chi connectivity index (χ2v) is 4.08. The first-order valence-corrected chi connectivity index (χ1v) is 3.80. The minimum Gasteiger partial charge on any atom is -0.391 e. The van der Waals surface area contributed by atoms with Crippen molar-refractivity contribution in [1.82, 2.24) is 0 Å². The first-order valence-electron chi connectivity index (χ1n) is 3.80. The van der Waals surface area contributed by atoms with E-state index in [4.69, 9.17) is 9.84 Å². The van der Waals surface area contributed by atoms with Crippen molar-refractivity contribution in [3.05, 3.63) is 0 Å². The molecule has 0 bridgehead atoms. The summed E-state index contributed by atoms with van der Waals surface area (Å²) in [5.74, 6) is 0.